The minimum Gasteiger partial charge on any atom is -0.406 e. The highest BCUT2D eigenvalue weighted by atomic mass is 16.7. The second-order valence-electron chi connectivity index (χ2n) is 6.04. The van der Waals surface area contributed by atoms with E-state index in [9.17, 15) is 0 Å². The molecule has 3 heteroatoms. The summed E-state index contributed by atoms with van der Waals surface area (Å²) in [5.74, 6) is 1.56. The topological polar surface area (TPSA) is 18.5 Å². The highest BCUT2D eigenvalue weighted by Crippen LogP contribution is 2.65. The molecule has 1 aliphatic heterocycles. The molecule has 4 unspecified atom stereocenters. The predicted octanol–water partition coefficient (Wildman–Crippen LogP) is 2.34. The Hall–Kier alpha value is -0.0151. The molecule has 0 aromatic carbocycles. The first-order valence-corrected chi connectivity index (χ1v) is 5.78. The van der Waals surface area contributed by atoms with Crippen molar-refractivity contribution >= 4 is 7.12 Å². The molecule has 4 atom stereocenters. The van der Waals surface area contributed by atoms with Gasteiger partial charge in [0, 0.05) is 0 Å². The summed E-state index contributed by atoms with van der Waals surface area (Å²) < 4.78 is 11.9. The normalized spacial score (nSPS) is 54.0. The first kappa shape index (κ1) is 9.23. The molecular formula is C11H19BO2. The minimum absolute atomic E-state index is 0.000139. The van der Waals surface area contributed by atoms with E-state index < -0.39 is 0 Å². The Morgan fingerprint density at radius 2 is 1.93 bits per heavy atom. The number of rotatable bonds is 0. The van der Waals surface area contributed by atoms with Crippen LogP contribution in [0.4, 0.5) is 0 Å². The van der Waals surface area contributed by atoms with Gasteiger partial charge in [-0.15, -0.1) is 0 Å². The van der Waals surface area contributed by atoms with E-state index in [0.29, 0.717) is 17.4 Å². The summed E-state index contributed by atoms with van der Waals surface area (Å²) in [5, 5.41) is 0. The fourth-order valence-electron chi connectivity index (χ4n) is 4.07. The van der Waals surface area contributed by atoms with Gasteiger partial charge in [0.05, 0.1) is 11.7 Å². The summed E-state index contributed by atoms with van der Waals surface area (Å²) in [6.45, 7) is 9.05. The molecule has 78 valence electrons. The molecule has 4 fully saturated rings. The van der Waals surface area contributed by atoms with Crippen LogP contribution in [-0.2, 0) is 9.31 Å². The maximum atomic E-state index is 6.02. The van der Waals surface area contributed by atoms with E-state index in [1.165, 1.54) is 12.8 Å². The molecule has 0 amide bonds. The van der Waals surface area contributed by atoms with Gasteiger partial charge in [0.15, 0.2) is 0 Å². The fraction of sp³-hybridized carbons (Fsp3) is 1.00. The van der Waals surface area contributed by atoms with E-state index in [-0.39, 0.29) is 12.7 Å². The second kappa shape index (κ2) is 2.38. The van der Waals surface area contributed by atoms with Gasteiger partial charge in [0.2, 0.25) is 0 Å². The molecule has 0 radical (unpaired) electrons. The molecule has 2 nitrogen and oxygen atoms in total. The Labute approximate surface area is 86.5 Å². The minimum atomic E-state index is -0.00231. The standard InChI is InChI=1S/C11H19BO2/c1-10(2)7-5-8(10)11(3)9(6-7)13-12(4)14-11/h7-9H,5-6H2,1-4H3. The van der Waals surface area contributed by atoms with Crippen LogP contribution < -0.4 is 0 Å². The highest BCUT2D eigenvalue weighted by Gasteiger charge is 2.67. The zero-order valence-corrected chi connectivity index (χ0v) is 9.54. The van der Waals surface area contributed by atoms with Crippen LogP contribution in [0, 0.1) is 17.3 Å². The summed E-state index contributed by atoms with van der Waals surface area (Å²) in [5.41, 5.74) is 0.469. The monoisotopic (exact) mass is 194 g/mol. The van der Waals surface area contributed by atoms with Gasteiger partial charge in [0.1, 0.15) is 0 Å². The van der Waals surface area contributed by atoms with E-state index in [2.05, 4.69) is 20.8 Å². The van der Waals surface area contributed by atoms with Crippen LogP contribution in [0.15, 0.2) is 0 Å². The molecule has 0 aromatic heterocycles. The van der Waals surface area contributed by atoms with Gasteiger partial charge >= 0.3 is 7.12 Å². The molecule has 0 aromatic rings. The maximum absolute atomic E-state index is 6.02. The van der Waals surface area contributed by atoms with Crippen LogP contribution >= 0.6 is 0 Å². The van der Waals surface area contributed by atoms with Gasteiger partial charge in [-0.25, -0.2) is 0 Å². The Kier molecular flexibility index (Phi) is 1.57. The summed E-state index contributed by atoms with van der Waals surface area (Å²) in [6.07, 6.45) is 2.90. The van der Waals surface area contributed by atoms with Gasteiger partial charge < -0.3 is 9.31 Å². The molecule has 0 spiro atoms. The van der Waals surface area contributed by atoms with E-state index in [4.69, 9.17) is 9.31 Å². The van der Waals surface area contributed by atoms with Crippen LogP contribution in [0.3, 0.4) is 0 Å². The number of hydrogen-bond acceptors (Lipinski definition) is 2. The van der Waals surface area contributed by atoms with Crippen molar-refractivity contribution in [2.45, 2.75) is 52.1 Å². The molecule has 3 saturated carbocycles. The summed E-state index contributed by atoms with van der Waals surface area (Å²) in [7, 11) is 0.000139. The lowest BCUT2D eigenvalue weighted by molar-refractivity contribution is -0.199. The molecule has 0 N–H and O–H groups in total. The predicted molar refractivity (Wildman–Crippen MR) is 56.0 cm³/mol. The van der Waals surface area contributed by atoms with Crippen LogP contribution in [0.25, 0.3) is 0 Å². The first-order chi connectivity index (χ1) is 6.44. The Bertz CT molecular complexity index is 278. The Morgan fingerprint density at radius 3 is 2.57 bits per heavy atom. The molecule has 1 saturated heterocycles. The van der Waals surface area contributed by atoms with Gasteiger partial charge in [-0.3, -0.25) is 0 Å². The van der Waals surface area contributed by atoms with E-state index in [1.54, 1.807) is 0 Å². The third kappa shape index (κ3) is 0.861. The first-order valence-electron chi connectivity index (χ1n) is 5.78. The van der Waals surface area contributed by atoms with Crippen molar-refractivity contribution in [3.63, 3.8) is 0 Å². The third-order valence-electron chi connectivity index (χ3n) is 5.08. The summed E-state index contributed by atoms with van der Waals surface area (Å²) in [6, 6.07) is 0. The van der Waals surface area contributed by atoms with Crippen molar-refractivity contribution in [1.29, 1.82) is 0 Å². The van der Waals surface area contributed by atoms with E-state index in [1.807, 2.05) is 6.82 Å². The molecule has 4 rings (SSSR count). The van der Waals surface area contributed by atoms with Crippen molar-refractivity contribution < 1.29 is 9.31 Å². The smallest absolute Gasteiger partial charge is 0.406 e. The second-order valence-corrected chi connectivity index (χ2v) is 6.04. The lowest BCUT2D eigenvalue weighted by Gasteiger charge is -2.64. The quantitative estimate of drug-likeness (QED) is 0.551. The van der Waals surface area contributed by atoms with Gasteiger partial charge in [-0.2, -0.15) is 0 Å². The zero-order valence-electron chi connectivity index (χ0n) is 9.54. The molecule has 3 aliphatic carbocycles. The molecule has 4 aliphatic rings. The van der Waals surface area contributed by atoms with Crippen molar-refractivity contribution in [2.75, 3.05) is 0 Å². The van der Waals surface area contributed by atoms with Crippen LogP contribution in [0.2, 0.25) is 6.82 Å². The average Bonchev–Trinajstić information content (AvgIpc) is 2.37. The highest BCUT2D eigenvalue weighted by molar-refractivity contribution is 6.43. The molecule has 2 bridgehead atoms. The molecule has 14 heavy (non-hydrogen) atoms. The Balaban J connectivity index is 1.95. The largest absolute Gasteiger partial charge is 0.454 e. The molecule has 1 heterocycles. The van der Waals surface area contributed by atoms with Crippen molar-refractivity contribution in [3.05, 3.63) is 0 Å². The lowest BCUT2D eigenvalue weighted by atomic mass is 9.43. The Morgan fingerprint density at radius 1 is 1.21 bits per heavy atom. The fourth-order valence-corrected chi connectivity index (χ4v) is 4.07. The molecular weight excluding hydrogens is 175 g/mol. The van der Waals surface area contributed by atoms with Crippen molar-refractivity contribution in [3.8, 4) is 0 Å². The van der Waals surface area contributed by atoms with Gasteiger partial charge in [0.25, 0.3) is 0 Å². The third-order valence-corrected chi connectivity index (χ3v) is 5.08. The SMILES string of the molecule is CB1OC2CC3CC(C3(C)C)C2(C)O1. The summed E-state index contributed by atoms with van der Waals surface area (Å²) >= 11 is 0. The van der Waals surface area contributed by atoms with Crippen LogP contribution in [0.1, 0.15) is 33.6 Å². The lowest BCUT2D eigenvalue weighted by Crippen LogP contribution is -2.65. The van der Waals surface area contributed by atoms with Crippen molar-refractivity contribution in [2.24, 2.45) is 17.3 Å². The van der Waals surface area contributed by atoms with E-state index >= 15 is 0 Å². The summed E-state index contributed by atoms with van der Waals surface area (Å²) in [4.78, 5) is 0. The van der Waals surface area contributed by atoms with Gasteiger partial charge in [-0.1, -0.05) is 13.8 Å². The average molecular weight is 194 g/mol. The zero-order chi connectivity index (χ0) is 10.1. The van der Waals surface area contributed by atoms with Crippen LogP contribution in [-0.4, -0.2) is 18.8 Å². The maximum Gasteiger partial charge on any atom is 0.454 e. The van der Waals surface area contributed by atoms with Gasteiger partial charge in [-0.05, 0) is 43.8 Å². The van der Waals surface area contributed by atoms with Crippen molar-refractivity contribution in [1.82, 2.24) is 0 Å². The van der Waals surface area contributed by atoms with E-state index in [0.717, 1.165) is 5.92 Å². The van der Waals surface area contributed by atoms with Crippen LogP contribution in [0.5, 0.6) is 0 Å². The number of hydrogen-bond donors (Lipinski definition) is 0.